The molecule has 0 radical (unpaired) electrons. The van der Waals surface area contributed by atoms with Crippen molar-refractivity contribution in [3.63, 3.8) is 0 Å². The molecule has 3 aromatic rings. The van der Waals surface area contributed by atoms with Crippen molar-refractivity contribution in [3.05, 3.63) is 70.2 Å². The van der Waals surface area contributed by atoms with Crippen molar-refractivity contribution < 1.29 is 8.91 Å². The smallest absolute Gasteiger partial charge is 0.250 e. The molecule has 0 aliphatic rings. The molecule has 0 aliphatic carbocycles. The molecule has 6 nitrogen and oxygen atoms in total. The van der Waals surface area contributed by atoms with Gasteiger partial charge in [-0.1, -0.05) is 17.3 Å². The summed E-state index contributed by atoms with van der Waals surface area (Å²) >= 11 is 0. The monoisotopic (exact) mass is 328 g/mol. The summed E-state index contributed by atoms with van der Waals surface area (Å²) in [4.78, 5) is 15.9. The Bertz CT molecular complexity index is 903. The van der Waals surface area contributed by atoms with Crippen LogP contribution in [0.1, 0.15) is 24.4 Å². The summed E-state index contributed by atoms with van der Waals surface area (Å²) in [5.41, 5.74) is 1.37. The van der Waals surface area contributed by atoms with Crippen molar-refractivity contribution in [1.82, 2.24) is 20.0 Å². The summed E-state index contributed by atoms with van der Waals surface area (Å²) in [6, 6.07) is 9.27. The average Bonchev–Trinajstić information content (AvgIpc) is 3.06. The highest BCUT2D eigenvalue weighted by Crippen LogP contribution is 2.19. The molecule has 0 saturated carbocycles. The van der Waals surface area contributed by atoms with Crippen molar-refractivity contribution >= 4 is 0 Å². The number of nitrogens with one attached hydrogen (secondary N) is 1. The summed E-state index contributed by atoms with van der Waals surface area (Å²) in [6.45, 7) is 2.37. The molecule has 7 heteroatoms. The lowest BCUT2D eigenvalue weighted by Gasteiger charge is -2.09. The van der Waals surface area contributed by atoms with Crippen LogP contribution in [0.25, 0.3) is 11.4 Å². The first-order valence-corrected chi connectivity index (χ1v) is 7.51. The Hall–Kier alpha value is -2.80. The first-order valence-electron chi connectivity index (χ1n) is 7.51. The number of pyridine rings is 1. The van der Waals surface area contributed by atoms with Gasteiger partial charge in [-0.2, -0.15) is 4.98 Å². The van der Waals surface area contributed by atoms with Crippen LogP contribution in [0.5, 0.6) is 0 Å². The van der Waals surface area contributed by atoms with Gasteiger partial charge in [0, 0.05) is 31.4 Å². The Balaban J connectivity index is 1.68. The van der Waals surface area contributed by atoms with E-state index in [-0.39, 0.29) is 17.4 Å². The number of aryl methyl sites for hydroxylation is 1. The minimum Gasteiger partial charge on any atom is -0.337 e. The van der Waals surface area contributed by atoms with E-state index in [4.69, 9.17) is 4.52 Å². The van der Waals surface area contributed by atoms with E-state index in [0.29, 0.717) is 23.8 Å². The maximum atomic E-state index is 13.3. The topological polar surface area (TPSA) is 73.0 Å². The first-order chi connectivity index (χ1) is 11.5. The molecule has 1 atom stereocenters. The molecule has 0 fully saturated rings. The van der Waals surface area contributed by atoms with E-state index in [1.807, 2.05) is 13.0 Å². The molecule has 0 saturated heterocycles. The molecule has 1 aromatic carbocycles. The number of benzene rings is 1. The van der Waals surface area contributed by atoms with Crippen LogP contribution in [-0.4, -0.2) is 14.7 Å². The lowest BCUT2D eigenvalue weighted by Crippen LogP contribution is -2.21. The Morgan fingerprint density at radius 1 is 1.33 bits per heavy atom. The number of nitrogens with zero attached hydrogens (tertiary/aromatic N) is 3. The fourth-order valence-electron chi connectivity index (χ4n) is 2.21. The zero-order valence-corrected chi connectivity index (χ0v) is 13.4. The Kier molecular flexibility index (Phi) is 4.52. The van der Waals surface area contributed by atoms with Crippen molar-refractivity contribution in [3.8, 4) is 11.4 Å². The predicted molar refractivity (Wildman–Crippen MR) is 86.6 cm³/mol. The molecule has 0 amide bonds. The number of hydrogen-bond acceptors (Lipinski definition) is 5. The van der Waals surface area contributed by atoms with Gasteiger partial charge in [-0.15, -0.1) is 0 Å². The Morgan fingerprint density at radius 3 is 2.92 bits per heavy atom. The molecule has 1 N–H and O–H groups in total. The molecule has 124 valence electrons. The Labute approximate surface area is 137 Å². The molecule has 2 heterocycles. The number of halogens is 1. The normalized spacial score (nSPS) is 12.3. The van der Waals surface area contributed by atoms with Crippen LogP contribution in [0.4, 0.5) is 4.39 Å². The average molecular weight is 328 g/mol. The molecular weight excluding hydrogens is 311 g/mol. The zero-order chi connectivity index (χ0) is 17.1. The first kappa shape index (κ1) is 16.1. The maximum Gasteiger partial charge on any atom is 0.250 e. The largest absolute Gasteiger partial charge is 0.337 e. The van der Waals surface area contributed by atoms with Gasteiger partial charge in [0.15, 0.2) is 0 Å². The van der Waals surface area contributed by atoms with Crippen LogP contribution in [0.2, 0.25) is 0 Å². The quantitative estimate of drug-likeness (QED) is 0.779. The number of hydrogen-bond donors (Lipinski definition) is 1. The lowest BCUT2D eigenvalue weighted by atomic mass is 10.2. The second-order valence-corrected chi connectivity index (χ2v) is 5.55. The van der Waals surface area contributed by atoms with Gasteiger partial charge < -0.3 is 14.4 Å². The molecule has 3 rings (SSSR count). The number of rotatable bonds is 5. The minimum atomic E-state index is -0.351. The van der Waals surface area contributed by atoms with Gasteiger partial charge in [0.25, 0.3) is 5.56 Å². The standard InChI is InChI=1S/C17H17FN4O2/c1-11(19-10-12-6-7-22(2)15(23)8-12)17-20-16(21-24-17)13-4-3-5-14(18)9-13/h3-9,11,19H,10H2,1-2H3. The van der Waals surface area contributed by atoms with Gasteiger partial charge in [-0.25, -0.2) is 4.39 Å². The molecule has 1 unspecified atom stereocenters. The van der Waals surface area contributed by atoms with Crippen molar-refractivity contribution in [2.75, 3.05) is 0 Å². The minimum absolute atomic E-state index is 0.0619. The molecular formula is C17H17FN4O2. The van der Waals surface area contributed by atoms with Crippen LogP contribution >= 0.6 is 0 Å². The van der Waals surface area contributed by atoms with Crippen molar-refractivity contribution in [2.45, 2.75) is 19.5 Å². The van der Waals surface area contributed by atoms with Gasteiger partial charge in [0.2, 0.25) is 11.7 Å². The van der Waals surface area contributed by atoms with Crippen LogP contribution in [0.3, 0.4) is 0 Å². The fraction of sp³-hybridized carbons (Fsp3) is 0.235. The van der Waals surface area contributed by atoms with E-state index in [0.717, 1.165) is 5.56 Å². The highest BCUT2D eigenvalue weighted by atomic mass is 19.1. The van der Waals surface area contributed by atoms with E-state index in [9.17, 15) is 9.18 Å². The van der Waals surface area contributed by atoms with Crippen LogP contribution in [-0.2, 0) is 13.6 Å². The summed E-state index contributed by atoms with van der Waals surface area (Å²) in [5, 5.41) is 7.10. The van der Waals surface area contributed by atoms with Gasteiger partial charge in [-0.3, -0.25) is 4.79 Å². The van der Waals surface area contributed by atoms with Crippen LogP contribution in [0.15, 0.2) is 51.9 Å². The third kappa shape index (κ3) is 3.57. The zero-order valence-electron chi connectivity index (χ0n) is 13.4. The van der Waals surface area contributed by atoms with Gasteiger partial charge in [0.05, 0.1) is 6.04 Å². The third-order valence-electron chi connectivity index (χ3n) is 3.68. The molecule has 0 spiro atoms. The van der Waals surface area contributed by atoms with E-state index < -0.39 is 0 Å². The van der Waals surface area contributed by atoms with Gasteiger partial charge in [-0.05, 0) is 30.7 Å². The van der Waals surface area contributed by atoms with Crippen LogP contribution < -0.4 is 10.9 Å². The summed E-state index contributed by atoms with van der Waals surface area (Å²) in [6.07, 6.45) is 1.72. The van der Waals surface area contributed by atoms with Crippen LogP contribution in [0, 0.1) is 5.82 Å². The van der Waals surface area contributed by atoms with Gasteiger partial charge in [0.1, 0.15) is 5.82 Å². The van der Waals surface area contributed by atoms with Crippen molar-refractivity contribution in [1.29, 1.82) is 0 Å². The van der Waals surface area contributed by atoms with E-state index in [2.05, 4.69) is 15.5 Å². The van der Waals surface area contributed by atoms with Gasteiger partial charge >= 0.3 is 0 Å². The van der Waals surface area contributed by atoms with E-state index in [1.54, 1.807) is 31.4 Å². The lowest BCUT2D eigenvalue weighted by molar-refractivity contribution is 0.339. The third-order valence-corrected chi connectivity index (χ3v) is 3.68. The van der Waals surface area contributed by atoms with E-state index in [1.165, 1.54) is 16.7 Å². The SMILES string of the molecule is CC(NCc1ccn(C)c(=O)c1)c1nc(-c2cccc(F)c2)no1. The molecule has 0 bridgehead atoms. The summed E-state index contributed by atoms with van der Waals surface area (Å²) in [7, 11) is 1.70. The molecule has 24 heavy (non-hydrogen) atoms. The predicted octanol–water partition coefficient (Wildman–Crippen LogP) is 2.43. The highest BCUT2D eigenvalue weighted by molar-refractivity contribution is 5.53. The fourth-order valence-corrected chi connectivity index (χ4v) is 2.21. The highest BCUT2D eigenvalue weighted by Gasteiger charge is 2.15. The Morgan fingerprint density at radius 2 is 2.17 bits per heavy atom. The second kappa shape index (κ2) is 6.76. The molecule has 2 aromatic heterocycles. The molecule has 0 aliphatic heterocycles. The summed E-state index contributed by atoms with van der Waals surface area (Å²) < 4.78 is 20.0. The van der Waals surface area contributed by atoms with E-state index >= 15 is 0 Å². The maximum absolute atomic E-state index is 13.3. The number of aromatic nitrogens is 3. The summed E-state index contributed by atoms with van der Waals surface area (Å²) in [5.74, 6) is 0.389. The second-order valence-electron chi connectivity index (χ2n) is 5.55. The van der Waals surface area contributed by atoms with Crippen molar-refractivity contribution in [2.24, 2.45) is 7.05 Å².